The number of thioether (sulfide) groups is 1. The van der Waals surface area contributed by atoms with Crippen molar-refractivity contribution in [1.29, 1.82) is 0 Å². The third-order valence-electron chi connectivity index (χ3n) is 4.40. The first-order valence-corrected chi connectivity index (χ1v) is 12.9. The van der Waals surface area contributed by atoms with Gasteiger partial charge in [-0.15, -0.1) is 11.8 Å². The van der Waals surface area contributed by atoms with E-state index in [0.717, 1.165) is 16.9 Å². The molecular weight excluding hydrogens is 416 g/mol. The smallest absolute Gasteiger partial charge is 0.233 e. The number of amides is 1. The summed E-state index contributed by atoms with van der Waals surface area (Å²) in [5, 5.41) is 2.89. The van der Waals surface area contributed by atoms with Gasteiger partial charge in [0.1, 0.15) is 0 Å². The molecule has 164 valence electrons. The van der Waals surface area contributed by atoms with Gasteiger partial charge in [0.25, 0.3) is 0 Å². The molecule has 0 aliphatic heterocycles. The molecule has 7 heteroatoms. The maximum Gasteiger partial charge on any atom is 0.233 e. The molecule has 0 saturated heterocycles. The lowest BCUT2D eigenvalue weighted by Gasteiger charge is -2.20. The summed E-state index contributed by atoms with van der Waals surface area (Å²) in [4.78, 5) is 12.7. The SMILES string of the molecule is CC(C)NS(=O)(=O)Cc1ccc(CNC(=O)C(SCc2ccccc2)C(C)C)cc1. The minimum absolute atomic E-state index is 0.0266. The predicted octanol–water partition coefficient (Wildman–Crippen LogP) is 4.09. The number of benzene rings is 2. The first-order valence-electron chi connectivity index (χ1n) is 10.2. The van der Waals surface area contributed by atoms with Gasteiger partial charge in [0.2, 0.25) is 15.9 Å². The molecule has 0 heterocycles. The highest BCUT2D eigenvalue weighted by molar-refractivity contribution is 7.99. The van der Waals surface area contributed by atoms with E-state index in [2.05, 4.69) is 36.0 Å². The van der Waals surface area contributed by atoms with Crippen LogP contribution < -0.4 is 10.0 Å². The number of rotatable bonds is 11. The van der Waals surface area contributed by atoms with E-state index in [1.807, 2.05) is 30.3 Å². The topological polar surface area (TPSA) is 75.3 Å². The summed E-state index contributed by atoms with van der Waals surface area (Å²) in [6, 6.07) is 17.3. The van der Waals surface area contributed by atoms with Crippen LogP contribution in [0.4, 0.5) is 0 Å². The zero-order valence-corrected chi connectivity index (χ0v) is 19.7. The standard InChI is InChI=1S/C23H32N2O3S2/c1-17(2)22(29-15-20-8-6-5-7-9-20)23(26)24-14-19-10-12-21(13-11-19)16-30(27,28)25-18(3)4/h5-13,17-18,22,25H,14-16H2,1-4H3,(H,24,26). The molecule has 0 aliphatic carbocycles. The third kappa shape index (κ3) is 8.50. The lowest BCUT2D eigenvalue weighted by molar-refractivity contribution is -0.121. The fraction of sp³-hybridized carbons (Fsp3) is 0.435. The maximum absolute atomic E-state index is 12.7. The van der Waals surface area contributed by atoms with Crippen molar-refractivity contribution in [3.8, 4) is 0 Å². The largest absolute Gasteiger partial charge is 0.351 e. The van der Waals surface area contributed by atoms with Crippen LogP contribution in [0, 0.1) is 5.92 Å². The third-order valence-corrected chi connectivity index (χ3v) is 7.56. The number of carbonyl (C=O) groups excluding carboxylic acids is 1. The second kappa shape index (κ2) is 11.5. The molecule has 1 amide bonds. The molecule has 2 N–H and O–H groups in total. The Morgan fingerprint density at radius 3 is 2.07 bits per heavy atom. The molecule has 1 atom stereocenters. The van der Waals surface area contributed by atoms with Crippen LogP contribution in [0.1, 0.15) is 44.4 Å². The van der Waals surface area contributed by atoms with Crippen LogP contribution in [0.3, 0.4) is 0 Å². The van der Waals surface area contributed by atoms with Crippen LogP contribution in [0.2, 0.25) is 0 Å². The number of carbonyl (C=O) groups is 1. The monoisotopic (exact) mass is 448 g/mol. The van der Waals surface area contributed by atoms with E-state index in [4.69, 9.17) is 0 Å². The van der Waals surface area contributed by atoms with Crippen LogP contribution in [0.15, 0.2) is 54.6 Å². The normalized spacial score (nSPS) is 12.9. The first kappa shape index (κ1) is 24.4. The Kier molecular flexibility index (Phi) is 9.39. The Morgan fingerprint density at radius 1 is 0.900 bits per heavy atom. The van der Waals surface area contributed by atoms with E-state index in [0.29, 0.717) is 6.54 Å². The van der Waals surface area contributed by atoms with Gasteiger partial charge in [-0.05, 0) is 36.5 Å². The Hall–Kier alpha value is -1.83. The quantitative estimate of drug-likeness (QED) is 0.543. The molecule has 2 aromatic carbocycles. The van der Waals surface area contributed by atoms with E-state index >= 15 is 0 Å². The summed E-state index contributed by atoms with van der Waals surface area (Å²) < 4.78 is 26.7. The van der Waals surface area contributed by atoms with Crippen molar-refractivity contribution < 1.29 is 13.2 Å². The van der Waals surface area contributed by atoms with Gasteiger partial charge in [-0.1, -0.05) is 68.4 Å². The van der Waals surface area contributed by atoms with Gasteiger partial charge in [0, 0.05) is 18.3 Å². The van der Waals surface area contributed by atoms with E-state index in [1.54, 1.807) is 37.7 Å². The molecule has 0 saturated carbocycles. The van der Waals surface area contributed by atoms with Gasteiger partial charge in [-0.2, -0.15) is 0 Å². The molecule has 0 spiro atoms. The lowest BCUT2D eigenvalue weighted by Crippen LogP contribution is -2.35. The number of hydrogen-bond donors (Lipinski definition) is 2. The molecule has 30 heavy (non-hydrogen) atoms. The lowest BCUT2D eigenvalue weighted by atomic mass is 10.1. The Balaban J connectivity index is 1.89. The van der Waals surface area contributed by atoms with Crippen molar-refractivity contribution >= 4 is 27.7 Å². The molecular formula is C23H32N2O3S2. The van der Waals surface area contributed by atoms with Crippen molar-refractivity contribution in [1.82, 2.24) is 10.0 Å². The van der Waals surface area contributed by atoms with Gasteiger partial charge in [-0.25, -0.2) is 13.1 Å². The minimum atomic E-state index is -3.35. The highest BCUT2D eigenvalue weighted by Gasteiger charge is 2.22. The molecule has 0 fully saturated rings. The first-order chi connectivity index (χ1) is 14.2. The van der Waals surface area contributed by atoms with Crippen LogP contribution >= 0.6 is 11.8 Å². The van der Waals surface area contributed by atoms with Crippen LogP contribution in [-0.4, -0.2) is 25.6 Å². The summed E-state index contributed by atoms with van der Waals surface area (Å²) >= 11 is 1.65. The van der Waals surface area contributed by atoms with Crippen LogP contribution in [0.25, 0.3) is 0 Å². The molecule has 0 radical (unpaired) electrons. The molecule has 0 aromatic heterocycles. The van der Waals surface area contributed by atoms with Crippen molar-refractivity contribution in [2.45, 2.75) is 57.0 Å². The average molecular weight is 449 g/mol. The average Bonchev–Trinajstić information content (AvgIpc) is 2.67. The summed E-state index contributed by atoms with van der Waals surface area (Å²) in [5.41, 5.74) is 2.87. The Labute approximate surface area is 185 Å². The minimum Gasteiger partial charge on any atom is -0.351 e. The number of nitrogens with one attached hydrogen (secondary N) is 2. The summed E-state index contributed by atoms with van der Waals surface area (Å²) in [5.74, 6) is 0.993. The van der Waals surface area contributed by atoms with E-state index in [1.165, 1.54) is 5.56 Å². The predicted molar refractivity (Wildman–Crippen MR) is 126 cm³/mol. The zero-order valence-electron chi connectivity index (χ0n) is 18.1. The number of hydrogen-bond acceptors (Lipinski definition) is 4. The fourth-order valence-electron chi connectivity index (χ4n) is 2.99. The van der Waals surface area contributed by atoms with Gasteiger partial charge >= 0.3 is 0 Å². The summed E-state index contributed by atoms with van der Waals surface area (Å²) in [6.45, 7) is 8.13. The van der Waals surface area contributed by atoms with Gasteiger partial charge < -0.3 is 5.32 Å². The fourth-order valence-corrected chi connectivity index (χ4v) is 5.61. The van der Waals surface area contributed by atoms with Gasteiger partial charge in [-0.3, -0.25) is 4.79 Å². The molecule has 5 nitrogen and oxygen atoms in total. The summed E-state index contributed by atoms with van der Waals surface area (Å²) in [7, 11) is -3.35. The Bertz CT molecular complexity index is 896. The van der Waals surface area contributed by atoms with Crippen LogP contribution in [0.5, 0.6) is 0 Å². The maximum atomic E-state index is 12.7. The van der Waals surface area contributed by atoms with Crippen molar-refractivity contribution in [2.75, 3.05) is 0 Å². The second-order valence-corrected chi connectivity index (χ2v) is 10.9. The highest BCUT2D eigenvalue weighted by Crippen LogP contribution is 2.24. The summed E-state index contributed by atoms with van der Waals surface area (Å²) in [6.07, 6.45) is 0. The second-order valence-electron chi connectivity index (χ2n) is 8.03. The molecule has 1 unspecified atom stereocenters. The Morgan fingerprint density at radius 2 is 1.50 bits per heavy atom. The molecule has 0 bridgehead atoms. The number of sulfonamides is 1. The van der Waals surface area contributed by atoms with Gasteiger partial charge in [0.15, 0.2) is 0 Å². The zero-order chi connectivity index (χ0) is 22.1. The van der Waals surface area contributed by atoms with Crippen LogP contribution in [-0.2, 0) is 32.9 Å². The van der Waals surface area contributed by atoms with Crippen molar-refractivity contribution in [3.63, 3.8) is 0 Å². The van der Waals surface area contributed by atoms with E-state index < -0.39 is 10.0 Å². The van der Waals surface area contributed by atoms with E-state index in [9.17, 15) is 13.2 Å². The molecule has 2 aromatic rings. The molecule has 2 rings (SSSR count). The van der Waals surface area contributed by atoms with Gasteiger partial charge in [0.05, 0.1) is 11.0 Å². The van der Waals surface area contributed by atoms with Crippen molar-refractivity contribution in [2.24, 2.45) is 5.92 Å². The van der Waals surface area contributed by atoms with Crippen molar-refractivity contribution in [3.05, 3.63) is 71.3 Å². The molecule has 0 aliphatic rings. The van der Waals surface area contributed by atoms with E-state index in [-0.39, 0.29) is 28.9 Å². The highest BCUT2D eigenvalue weighted by atomic mass is 32.2.